The zero-order valence-electron chi connectivity index (χ0n) is 10.0. The number of hydrogen-bond donors (Lipinski definition) is 1. The molecular formula is C13H17F2NO. The SMILES string of the molecule is CC(C)C1CNCC(c2c(F)cccc2F)O1. The third-order valence-corrected chi connectivity index (χ3v) is 3.08. The summed E-state index contributed by atoms with van der Waals surface area (Å²) < 4.78 is 33.0. The second-order valence-corrected chi connectivity index (χ2v) is 4.70. The van der Waals surface area contributed by atoms with Crippen LogP contribution < -0.4 is 5.32 Å². The van der Waals surface area contributed by atoms with Crippen molar-refractivity contribution in [1.29, 1.82) is 0 Å². The van der Waals surface area contributed by atoms with Crippen LogP contribution in [0, 0.1) is 17.6 Å². The summed E-state index contributed by atoms with van der Waals surface area (Å²) in [5.41, 5.74) is 0.0327. The highest BCUT2D eigenvalue weighted by atomic mass is 19.1. The standard InChI is InChI=1S/C13H17F2NO/c1-8(2)11-6-16-7-12(17-11)13-9(14)4-3-5-10(13)15/h3-5,8,11-12,16H,6-7H2,1-2H3. The Hall–Kier alpha value is -1.00. The van der Waals surface area contributed by atoms with Gasteiger partial charge in [0.2, 0.25) is 0 Å². The molecule has 17 heavy (non-hydrogen) atoms. The Morgan fingerprint density at radius 2 is 1.88 bits per heavy atom. The van der Waals surface area contributed by atoms with Crippen molar-refractivity contribution in [3.8, 4) is 0 Å². The Bertz CT molecular complexity index is 375. The average Bonchev–Trinajstić information content (AvgIpc) is 2.29. The molecule has 0 spiro atoms. The van der Waals surface area contributed by atoms with Crippen LogP contribution in [0.5, 0.6) is 0 Å². The maximum Gasteiger partial charge on any atom is 0.132 e. The normalized spacial score (nSPS) is 25.2. The molecule has 2 atom stereocenters. The molecule has 0 saturated carbocycles. The molecule has 1 N–H and O–H groups in total. The van der Waals surface area contributed by atoms with Gasteiger partial charge < -0.3 is 10.1 Å². The fourth-order valence-electron chi connectivity index (χ4n) is 2.05. The molecular weight excluding hydrogens is 224 g/mol. The Kier molecular flexibility index (Phi) is 3.74. The third-order valence-electron chi connectivity index (χ3n) is 3.08. The largest absolute Gasteiger partial charge is 0.367 e. The maximum absolute atomic E-state index is 13.6. The lowest BCUT2D eigenvalue weighted by molar-refractivity contribution is -0.0630. The first kappa shape index (κ1) is 12.5. The Morgan fingerprint density at radius 1 is 1.24 bits per heavy atom. The molecule has 0 aliphatic carbocycles. The van der Waals surface area contributed by atoms with Crippen LogP contribution in [0.15, 0.2) is 18.2 Å². The van der Waals surface area contributed by atoms with E-state index < -0.39 is 17.7 Å². The molecule has 1 saturated heterocycles. The molecule has 2 nitrogen and oxygen atoms in total. The summed E-state index contributed by atoms with van der Waals surface area (Å²) in [5.74, 6) is -0.762. The molecule has 2 rings (SSSR count). The van der Waals surface area contributed by atoms with E-state index in [1.807, 2.05) is 13.8 Å². The van der Waals surface area contributed by atoms with Gasteiger partial charge in [0.25, 0.3) is 0 Å². The third kappa shape index (κ3) is 2.64. The minimum absolute atomic E-state index is 0.00671. The first-order valence-corrected chi connectivity index (χ1v) is 5.89. The fraction of sp³-hybridized carbons (Fsp3) is 0.538. The van der Waals surface area contributed by atoms with Gasteiger partial charge in [-0.25, -0.2) is 8.78 Å². The van der Waals surface area contributed by atoms with E-state index in [1.165, 1.54) is 18.2 Å². The van der Waals surface area contributed by atoms with Crippen molar-refractivity contribution in [3.63, 3.8) is 0 Å². The highest BCUT2D eigenvalue weighted by Gasteiger charge is 2.29. The number of hydrogen-bond acceptors (Lipinski definition) is 2. The van der Waals surface area contributed by atoms with Crippen LogP contribution in [-0.2, 0) is 4.74 Å². The van der Waals surface area contributed by atoms with Crippen molar-refractivity contribution in [2.75, 3.05) is 13.1 Å². The molecule has 1 aromatic rings. The van der Waals surface area contributed by atoms with E-state index in [0.29, 0.717) is 12.5 Å². The predicted octanol–water partition coefficient (Wildman–Crippen LogP) is 2.65. The van der Waals surface area contributed by atoms with E-state index in [4.69, 9.17) is 4.74 Å². The summed E-state index contributed by atoms with van der Waals surface area (Å²) in [6.07, 6.45) is -0.551. The van der Waals surface area contributed by atoms with Gasteiger partial charge >= 0.3 is 0 Å². The lowest BCUT2D eigenvalue weighted by Crippen LogP contribution is -2.43. The Balaban J connectivity index is 2.22. The van der Waals surface area contributed by atoms with Crippen LogP contribution in [0.2, 0.25) is 0 Å². The molecule has 0 bridgehead atoms. The topological polar surface area (TPSA) is 21.3 Å². The molecule has 0 aromatic heterocycles. The first-order chi connectivity index (χ1) is 8.09. The number of benzene rings is 1. The lowest BCUT2D eigenvalue weighted by atomic mass is 10.0. The van der Waals surface area contributed by atoms with Gasteiger partial charge in [0, 0.05) is 13.1 Å². The second-order valence-electron chi connectivity index (χ2n) is 4.70. The summed E-state index contributed by atoms with van der Waals surface area (Å²) in [4.78, 5) is 0. The monoisotopic (exact) mass is 241 g/mol. The van der Waals surface area contributed by atoms with E-state index in [-0.39, 0.29) is 11.7 Å². The summed E-state index contributed by atoms with van der Waals surface area (Å²) in [6, 6.07) is 3.89. The van der Waals surface area contributed by atoms with E-state index >= 15 is 0 Å². The minimum atomic E-state index is -0.544. The van der Waals surface area contributed by atoms with Crippen molar-refractivity contribution in [1.82, 2.24) is 5.32 Å². The number of nitrogens with one attached hydrogen (secondary N) is 1. The zero-order chi connectivity index (χ0) is 12.4. The number of rotatable bonds is 2. The highest BCUT2D eigenvalue weighted by molar-refractivity contribution is 5.23. The van der Waals surface area contributed by atoms with Gasteiger partial charge in [-0.05, 0) is 18.1 Å². The van der Waals surface area contributed by atoms with Crippen LogP contribution >= 0.6 is 0 Å². The van der Waals surface area contributed by atoms with Crippen molar-refractivity contribution in [3.05, 3.63) is 35.4 Å². The molecule has 1 heterocycles. The van der Waals surface area contributed by atoms with Crippen molar-refractivity contribution in [2.24, 2.45) is 5.92 Å². The molecule has 1 aliphatic heterocycles. The number of morpholine rings is 1. The Morgan fingerprint density at radius 3 is 2.47 bits per heavy atom. The summed E-state index contributed by atoms with van der Waals surface area (Å²) in [5, 5.41) is 3.16. The maximum atomic E-state index is 13.6. The van der Waals surface area contributed by atoms with Crippen molar-refractivity contribution in [2.45, 2.75) is 26.1 Å². The van der Waals surface area contributed by atoms with Gasteiger partial charge in [-0.15, -0.1) is 0 Å². The van der Waals surface area contributed by atoms with Gasteiger partial charge in [-0.1, -0.05) is 19.9 Å². The summed E-state index contributed by atoms with van der Waals surface area (Å²) >= 11 is 0. The molecule has 1 aromatic carbocycles. The predicted molar refractivity (Wildman–Crippen MR) is 61.7 cm³/mol. The van der Waals surface area contributed by atoms with Gasteiger partial charge in [0.05, 0.1) is 11.7 Å². The zero-order valence-corrected chi connectivity index (χ0v) is 10.0. The van der Waals surface area contributed by atoms with Crippen molar-refractivity contribution < 1.29 is 13.5 Å². The van der Waals surface area contributed by atoms with Gasteiger partial charge in [-0.2, -0.15) is 0 Å². The van der Waals surface area contributed by atoms with Crippen LogP contribution in [0.1, 0.15) is 25.5 Å². The van der Waals surface area contributed by atoms with Crippen molar-refractivity contribution >= 4 is 0 Å². The fourth-order valence-corrected chi connectivity index (χ4v) is 2.05. The van der Waals surface area contributed by atoms with Gasteiger partial charge in [0.1, 0.15) is 17.7 Å². The van der Waals surface area contributed by atoms with E-state index in [0.717, 1.165) is 6.54 Å². The lowest BCUT2D eigenvalue weighted by Gasteiger charge is -2.33. The van der Waals surface area contributed by atoms with E-state index in [9.17, 15) is 8.78 Å². The molecule has 4 heteroatoms. The molecule has 94 valence electrons. The van der Waals surface area contributed by atoms with Crippen LogP contribution in [-0.4, -0.2) is 19.2 Å². The number of halogens is 2. The summed E-state index contributed by atoms with van der Waals surface area (Å²) in [7, 11) is 0. The molecule has 1 aliphatic rings. The van der Waals surface area contributed by atoms with Gasteiger partial charge in [0.15, 0.2) is 0 Å². The van der Waals surface area contributed by atoms with E-state index in [2.05, 4.69) is 5.32 Å². The second kappa shape index (κ2) is 5.10. The highest BCUT2D eigenvalue weighted by Crippen LogP contribution is 2.28. The molecule has 1 fully saturated rings. The van der Waals surface area contributed by atoms with Crippen LogP contribution in [0.4, 0.5) is 8.78 Å². The average molecular weight is 241 g/mol. The first-order valence-electron chi connectivity index (χ1n) is 5.89. The summed E-state index contributed by atoms with van der Waals surface area (Å²) in [6.45, 7) is 5.24. The van der Waals surface area contributed by atoms with Gasteiger partial charge in [-0.3, -0.25) is 0 Å². The van der Waals surface area contributed by atoms with Crippen LogP contribution in [0.3, 0.4) is 0 Å². The van der Waals surface area contributed by atoms with Crippen LogP contribution in [0.25, 0.3) is 0 Å². The molecule has 0 radical (unpaired) electrons. The Labute approximate surface area is 100.0 Å². The quantitative estimate of drug-likeness (QED) is 0.859. The smallest absolute Gasteiger partial charge is 0.132 e. The molecule has 0 amide bonds. The minimum Gasteiger partial charge on any atom is -0.367 e. The van der Waals surface area contributed by atoms with E-state index in [1.54, 1.807) is 0 Å². The molecule has 2 unspecified atom stereocenters. The number of ether oxygens (including phenoxy) is 1.